The summed E-state index contributed by atoms with van der Waals surface area (Å²) in [7, 11) is 0. The zero-order chi connectivity index (χ0) is 17.1. The number of carbonyl (C=O) groups is 1. The molecule has 1 unspecified atom stereocenters. The average molecular weight is 348 g/mol. The van der Waals surface area contributed by atoms with Crippen LogP contribution in [0.15, 0.2) is 46.1 Å². The second-order valence-electron chi connectivity index (χ2n) is 6.06. The van der Waals surface area contributed by atoms with Gasteiger partial charge in [0, 0.05) is 30.4 Å². The van der Waals surface area contributed by atoms with Crippen LogP contribution in [0.2, 0.25) is 5.02 Å². The van der Waals surface area contributed by atoms with E-state index in [2.05, 4.69) is 4.98 Å². The van der Waals surface area contributed by atoms with Gasteiger partial charge in [-0.25, -0.2) is 4.79 Å². The van der Waals surface area contributed by atoms with Crippen molar-refractivity contribution in [3.8, 4) is 0 Å². The number of H-pyrrole nitrogens is 1. The molecule has 1 atom stereocenters. The summed E-state index contributed by atoms with van der Waals surface area (Å²) in [4.78, 5) is 39.0. The van der Waals surface area contributed by atoms with Crippen LogP contribution in [0.4, 0.5) is 0 Å². The molecule has 0 saturated carbocycles. The Hall–Kier alpha value is -2.34. The molecule has 0 aliphatic carbocycles. The van der Waals surface area contributed by atoms with Crippen LogP contribution in [0.5, 0.6) is 0 Å². The fourth-order valence-corrected chi connectivity index (χ4v) is 3.12. The van der Waals surface area contributed by atoms with Crippen molar-refractivity contribution in [3.05, 3.63) is 68.0 Å². The van der Waals surface area contributed by atoms with Crippen molar-refractivity contribution in [2.24, 2.45) is 5.92 Å². The molecule has 2 aromatic rings. The van der Waals surface area contributed by atoms with Gasteiger partial charge in [0.1, 0.15) is 6.54 Å². The van der Waals surface area contributed by atoms with Crippen LogP contribution in [0, 0.1) is 5.92 Å². The highest BCUT2D eigenvalue weighted by Gasteiger charge is 2.26. The molecule has 0 bridgehead atoms. The first-order valence-corrected chi connectivity index (χ1v) is 8.21. The Balaban J connectivity index is 1.58. The minimum absolute atomic E-state index is 0.0523. The number of benzene rings is 1. The fraction of sp³-hybridized carbons (Fsp3) is 0.353. The summed E-state index contributed by atoms with van der Waals surface area (Å²) < 4.78 is 1.22. The molecule has 1 fully saturated rings. The van der Waals surface area contributed by atoms with E-state index < -0.39 is 11.2 Å². The van der Waals surface area contributed by atoms with Crippen molar-refractivity contribution in [1.29, 1.82) is 0 Å². The summed E-state index contributed by atoms with van der Waals surface area (Å²) in [6.45, 7) is 1.32. The summed E-state index contributed by atoms with van der Waals surface area (Å²) in [6, 6.07) is 9.00. The third-order valence-corrected chi connectivity index (χ3v) is 4.53. The normalized spacial score (nSPS) is 17.2. The number of nitrogens with one attached hydrogen (secondary N) is 1. The number of hydrogen-bond donors (Lipinski definition) is 1. The van der Waals surface area contributed by atoms with Gasteiger partial charge < -0.3 is 4.90 Å². The molecule has 0 radical (unpaired) electrons. The van der Waals surface area contributed by atoms with Gasteiger partial charge in [-0.3, -0.25) is 19.1 Å². The van der Waals surface area contributed by atoms with Crippen molar-refractivity contribution in [2.45, 2.75) is 19.4 Å². The first kappa shape index (κ1) is 16.5. The van der Waals surface area contributed by atoms with Crippen molar-refractivity contribution in [3.63, 3.8) is 0 Å². The van der Waals surface area contributed by atoms with E-state index in [0.717, 1.165) is 12.8 Å². The Morgan fingerprint density at radius 1 is 1.21 bits per heavy atom. The van der Waals surface area contributed by atoms with E-state index in [1.54, 1.807) is 4.90 Å². The molecule has 7 heteroatoms. The smallest absolute Gasteiger partial charge is 0.328 e. The fourth-order valence-electron chi connectivity index (χ4n) is 2.99. The summed E-state index contributed by atoms with van der Waals surface area (Å²) >= 11 is 5.89. The lowest BCUT2D eigenvalue weighted by Gasteiger charge is -2.17. The van der Waals surface area contributed by atoms with Crippen molar-refractivity contribution in [2.75, 3.05) is 13.1 Å². The number of nitrogens with zero attached hydrogens (tertiary/aromatic N) is 2. The van der Waals surface area contributed by atoms with E-state index in [-0.39, 0.29) is 12.5 Å². The zero-order valence-electron chi connectivity index (χ0n) is 13.1. The van der Waals surface area contributed by atoms with Gasteiger partial charge in [-0.2, -0.15) is 0 Å². The highest BCUT2D eigenvalue weighted by Crippen LogP contribution is 2.22. The number of rotatable bonds is 4. The second kappa shape index (κ2) is 7.05. The maximum absolute atomic E-state index is 12.4. The standard InChI is InChI=1S/C17H18ClN3O3/c18-14-3-1-12(2-4-14)9-13-5-7-20(10-13)16(23)11-21-8-6-15(22)19-17(21)24/h1-4,6,8,13H,5,7,9-11H2,(H,19,22,24). The van der Waals surface area contributed by atoms with Crippen molar-refractivity contribution in [1.82, 2.24) is 14.5 Å². The summed E-state index contributed by atoms with van der Waals surface area (Å²) in [6.07, 6.45) is 3.19. The maximum Gasteiger partial charge on any atom is 0.328 e. The Morgan fingerprint density at radius 3 is 2.67 bits per heavy atom. The Bertz CT molecular complexity index is 841. The molecule has 126 valence electrons. The van der Waals surface area contributed by atoms with E-state index in [0.29, 0.717) is 24.0 Å². The lowest BCUT2D eigenvalue weighted by molar-refractivity contribution is -0.131. The highest BCUT2D eigenvalue weighted by atomic mass is 35.5. The molecule has 1 saturated heterocycles. The van der Waals surface area contributed by atoms with Crippen LogP contribution < -0.4 is 11.2 Å². The molecule has 1 aromatic carbocycles. The lowest BCUT2D eigenvalue weighted by atomic mass is 9.99. The second-order valence-corrected chi connectivity index (χ2v) is 6.50. The molecular weight excluding hydrogens is 330 g/mol. The maximum atomic E-state index is 12.4. The molecule has 0 spiro atoms. The SMILES string of the molecule is O=C(Cn1ccc(=O)[nH]c1=O)N1CCC(Cc2ccc(Cl)cc2)C1. The Kier molecular flexibility index (Phi) is 4.85. The van der Waals surface area contributed by atoms with Crippen LogP contribution in [0.25, 0.3) is 0 Å². The van der Waals surface area contributed by atoms with Crippen LogP contribution in [0.1, 0.15) is 12.0 Å². The summed E-state index contributed by atoms with van der Waals surface area (Å²) in [5.41, 5.74) is 0.177. The molecular formula is C17H18ClN3O3. The third-order valence-electron chi connectivity index (χ3n) is 4.28. The average Bonchev–Trinajstić information content (AvgIpc) is 3.01. The zero-order valence-corrected chi connectivity index (χ0v) is 13.8. The number of carbonyl (C=O) groups excluding carboxylic acids is 1. The van der Waals surface area contributed by atoms with E-state index in [1.165, 1.54) is 22.4 Å². The first-order valence-electron chi connectivity index (χ1n) is 7.83. The van der Waals surface area contributed by atoms with Crippen molar-refractivity contribution < 1.29 is 4.79 Å². The van der Waals surface area contributed by atoms with E-state index in [9.17, 15) is 14.4 Å². The van der Waals surface area contributed by atoms with Gasteiger partial charge in [0.25, 0.3) is 5.56 Å². The number of amides is 1. The van der Waals surface area contributed by atoms with E-state index in [1.807, 2.05) is 24.3 Å². The molecule has 1 N–H and O–H groups in total. The van der Waals surface area contributed by atoms with Crippen LogP contribution >= 0.6 is 11.6 Å². The topological polar surface area (TPSA) is 75.2 Å². The monoisotopic (exact) mass is 347 g/mol. The van der Waals surface area contributed by atoms with Gasteiger partial charge in [0.2, 0.25) is 5.91 Å². The molecule has 6 nitrogen and oxygen atoms in total. The lowest BCUT2D eigenvalue weighted by Crippen LogP contribution is -2.37. The molecule has 1 aromatic heterocycles. The number of hydrogen-bond acceptors (Lipinski definition) is 3. The van der Waals surface area contributed by atoms with Gasteiger partial charge in [-0.15, -0.1) is 0 Å². The molecule has 1 aliphatic rings. The Morgan fingerprint density at radius 2 is 1.96 bits per heavy atom. The van der Waals surface area contributed by atoms with Gasteiger partial charge >= 0.3 is 5.69 Å². The number of likely N-dealkylation sites (tertiary alicyclic amines) is 1. The van der Waals surface area contributed by atoms with Crippen LogP contribution in [0.3, 0.4) is 0 Å². The minimum Gasteiger partial charge on any atom is -0.341 e. The molecule has 1 amide bonds. The summed E-state index contributed by atoms with van der Waals surface area (Å²) in [5, 5.41) is 0.716. The molecule has 3 rings (SSSR count). The quantitative estimate of drug-likeness (QED) is 0.905. The predicted molar refractivity (Wildman–Crippen MR) is 91.2 cm³/mol. The Labute approximate surface area is 143 Å². The van der Waals surface area contributed by atoms with Gasteiger partial charge in [-0.05, 0) is 36.5 Å². The molecule has 2 heterocycles. The number of aromatic nitrogens is 2. The van der Waals surface area contributed by atoms with Gasteiger partial charge in [0.15, 0.2) is 0 Å². The molecule has 24 heavy (non-hydrogen) atoms. The van der Waals surface area contributed by atoms with Gasteiger partial charge in [0.05, 0.1) is 0 Å². The third kappa shape index (κ3) is 3.94. The first-order chi connectivity index (χ1) is 11.5. The summed E-state index contributed by atoms with van der Waals surface area (Å²) in [5.74, 6) is 0.296. The van der Waals surface area contributed by atoms with E-state index in [4.69, 9.17) is 11.6 Å². The highest BCUT2D eigenvalue weighted by molar-refractivity contribution is 6.30. The number of halogens is 1. The number of aromatic amines is 1. The van der Waals surface area contributed by atoms with E-state index >= 15 is 0 Å². The largest absolute Gasteiger partial charge is 0.341 e. The minimum atomic E-state index is -0.562. The van der Waals surface area contributed by atoms with Crippen LogP contribution in [-0.4, -0.2) is 33.4 Å². The van der Waals surface area contributed by atoms with Crippen LogP contribution in [-0.2, 0) is 17.8 Å². The van der Waals surface area contributed by atoms with Gasteiger partial charge in [-0.1, -0.05) is 23.7 Å². The van der Waals surface area contributed by atoms with Crippen molar-refractivity contribution >= 4 is 17.5 Å². The molecule has 1 aliphatic heterocycles. The predicted octanol–water partition coefficient (Wildman–Crippen LogP) is 1.28.